The summed E-state index contributed by atoms with van der Waals surface area (Å²) in [4.78, 5) is 8.45. The number of hydrazine groups is 1. The maximum Gasteiger partial charge on any atom is 0.227 e. The lowest BCUT2D eigenvalue weighted by Gasteiger charge is -2.13. The van der Waals surface area contributed by atoms with E-state index in [1.807, 2.05) is 31.2 Å². The molecule has 0 aliphatic heterocycles. The first-order valence-corrected chi connectivity index (χ1v) is 5.78. The first-order valence-electron chi connectivity index (χ1n) is 5.78. The lowest BCUT2D eigenvalue weighted by Crippen LogP contribution is -2.12. The van der Waals surface area contributed by atoms with Gasteiger partial charge in [0.1, 0.15) is 11.6 Å². The number of nitrogens with two attached hydrogens (primary N) is 1. The van der Waals surface area contributed by atoms with Crippen LogP contribution in [0.3, 0.4) is 0 Å². The third-order valence-electron chi connectivity index (χ3n) is 2.63. The molecule has 2 rings (SSSR count). The highest BCUT2D eigenvalue weighted by atomic mass is 16.5. The number of hydrogen-bond donors (Lipinski definition) is 2. The first kappa shape index (κ1) is 13.1. The Morgan fingerprint density at radius 2 is 1.79 bits per heavy atom. The van der Waals surface area contributed by atoms with E-state index < -0.39 is 0 Å². The minimum Gasteiger partial charge on any atom is -0.493 e. The van der Waals surface area contributed by atoms with Crippen molar-refractivity contribution in [3.8, 4) is 17.4 Å². The molecule has 0 unspecified atom stereocenters. The van der Waals surface area contributed by atoms with Crippen LogP contribution in [-0.4, -0.2) is 17.1 Å². The maximum absolute atomic E-state index is 5.78. The van der Waals surface area contributed by atoms with Crippen LogP contribution in [0.4, 0.5) is 5.82 Å². The van der Waals surface area contributed by atoms with Gasteiger partial charge in [0.2, 0.25) is 5.88 Å². The zero-order valence-electron chi connectivity index (χ0n) is 11.1. The summed E-state index contributed by atoms with van der Waals surface area (Å²) < 4.78 is 11.0. The predicted molar refractivity (Wildman–Crippen MR) is 72.4 cm³/mol. The van der Waals surface area contributed by atoms with Gasteiger partial charge in [-0.05, 0) is 26.0 Å². The highest BCUT2D eigenvalue weighted by Crippen LogP contribution is 2.32. The third-order valence-corrected chi connectivity index (χ3v) is 2.63. The first-order chi connectivity index (χ1) is 9.15. The van der Waals surface area contributed by atoms with Crippen LogP contribution in [-0.2, 0) is 0 Å². The van der Waals surface area contributed by atoms with Gasteiger partial charge in [-0.1, -0.05) is 12.1 Å². The van der Waals surface area contributed by atoms with Gasteiger partial charge in [-0.3, -0.25) is 0 Å². The van der Waals surface area contributed by atoms with Gasteiger partial charge in [-0.2, -0.15) is 4.98 Å². The van der Waals surface area contributed by atoms with E-state index in [2.05, 4.69) is 15.4 Å². The molecule has 0 bridgehead atoms. The van der Waals surface area contributed by atoms with Gasteiger partial charge < -0.3 is 14.9 Å². The molecule has 1 aromatic heterocycles. The molecule has 0 aliphatic carbocycles. The zero-order valence-corrected chi connectivity index (χ0v) is 11.1. The van der Waals surface area contributed by atoms with Gasteiger partial charge in [0.05, 0.1) is 12.7 Å². The van der Waals surface area contributed by atoms with Crippen molar-refractivity contribution in [3.63, 3.8) is 0 Å². The molecule has 0 fully saturated rings. The molecule has 0 saturated carbocycles. The van der Waals surface area contributed by atoms with E-state index in [1.54, 1.807) is 14.0 Å². The van der Waals surface area contributed by atoms with Crippen LogP contribution in [0.5, 0.6) is 17.4 Å². The minimum atomic E-state index is 0.449. The van der Waals surface area contributed by atoms with Gasteiger partial charge in [0.15, 0.2) is 11.5 Å². The molecule has 0 amide bonds. The number of aromatic nitrogens is 2. The fraction of sp³-hybridized carbons (Fsp3) is 0.231. The summed E-state index contributed by atoms with van der Waals surface area (Å²) in [6.07, 6.45) is 0. The normalized spacial score (nSPS) is 10.1. The molecule has 1 aromatic carbocycles. The van der Waals surface area contributed by atoms with Crippen LogP contribution < -0.4 is 20.7 Å². The summed E-state index contributed by atoms with van der Waals surface area (Å²) in [5, 5.41) is 0. The second-order valence-electron chi connectivity index (χ2n) is 3.95. The summed E-state index contributed by atoms with van der Waals surface area (Å²) in [5.74, 6) is 8.21. The molecule has 0 atom stereocenters. The predicted octanol–water partition coefficient (Wildman–Crippen LogP) is 2.18. The Bertz CT molecular complexity index is 587. The number of aryl methyl sites for hydroxylation is 1. The van der Waals surface area contributed by atoms with Crippen LogP contribution in [0, 0.1) is 13.8 Å². The molecule has 0 saturated heterocycles. The van der Waals surface area contributed by atoms with E-state index in [1.165, 1.54) is 0 Å². The maximum atomic E-state index is 5.78. The van der Waals surface area contributed by atoms with Crippen molar-refractivity contribution in [2.75, 3.05) is 12.5 Å². The molecular formula is C13H16N4O2. The Kier molecular flexibility index (Phi) is 3.82. The summed E-state index contributed by atoms with van der Waals surface area (Å²) in [7, 11) is 1.59. The molecule has 19 heavy (non-hydrogen) atoms. The largest absolute Gasteiger partial charge is 0.493 e. The average molecular weight is 260 g/mol. The van der Waals surface area contributed by atoms with Gasteiger partial charge in [-0.15, -0.1) is 0 Å². The lowest BCUT2D eigenvalue weighted by molar-refractivity contribution is 0.372. The SMILES string of the molecule is COc1ccccc1Oc1nc(C)nc(NN)c1C. The van der Waals surface area contributed by atoms with Crippen molar-refractivity contribution in [2.24, 2.45) is 5.84 Å². The topological polar surface area (TPSA) is 82.3 Å². The molecule has 3 N–H and O–H groups in total. The molecule has 0 radical (unpaired) electrons. The Morgan fingerprint density at radius 1 is 1.11 bits per heavy atom. The van der Waals surface area contributed by atoms with E-state index in [0.29, 0.717) is 29.0 Å². The molecule has 6 nitrogen and oxygen atoms in total. The fourth-order valence-corrected chi connectivity index (χ4v) is 1.65. The van der Waals surface area contributed by atoms with E-state index in [4.69, 9.17) is 15.3 Å². The smallest absolute Gasteiger partial charge is 0.227 e. The Labute approximate surface area is 111 Å². The number of anilines is 1. The average Bonchev–Trinajstić information content (AvgIpc) is 2.43. The molecule has 0 aliphatic rings. The van der Waals surface area contributed by atoms with Gasteiger partial charge in [-0.25, -0.2) is 10.8 Å². The molecular weight excluding hydrogens is 244 g/mol. The van der Waals surface area contributed by atoms with E-state index in [-0.39, 0.29) is 0 Å². The minimum absolute atomic E-state index is 0.449. The van der Waals surface area contributed by atoms with E-state index in [0.717, 1.165) is 5.56 Å². The van der Waals surface area contributed by atoms with Crippen LogP contribution in [0.25, 0.3) is 0 Å². The number of nitrogen functional groups attached to an aromatic ring is 1. The van der Waals surface area contributed by atoms with E-state index in [9.17, 15) is 0 Å². The Balaban J connectivity index is 2.40. The molecule has 2 aromatic rings. The highest BCUT2D eigenvalue weighted by molar-refractivity contribution is 5.50. The monoisotopic (exact) mass is 260 g/mol. The molecule has 100 valence electrons. The van der Waals surface area contributed by atoms with Crippen molar-refractivity contribution in [3.05, 3.63) is 35.7 Å². The van der Waals surface area contributed by atoms with Crippen molar-refractivity contribution in [1.29, 1.82) is 0 Å². The molecule has 0 spiro atoms. The van der Waals surface area contributed by atoms with Gasteiger partial charge in [0.25, 0.3) is 0 Å². The number of benzene rings is 1. The van der Waals surface area contributed by atoms with Crippen LogP contribution in [0.15, 0.2) is 24.3 Å². The lowest BCUT2D eigenvalue weighted by atomic mass is 10.3. The molecule has 1 heterocycles. The van der Waals surface area contributed by atoms with Gasteiger partial charge in [0, 0.05) is 0 Å². The van der Waals surface area contributed by atoms with Crippen molar-refractivity contribution in [2.45, 2.75) is 13.8 Å². The highest BCUT2D eigenvalue weighted by Gasteiger charge is 2.12. The fourth-order valence-electron chi connectivity index (χ4n) is 1.65. The van der Waals surface area contributed by atoms with E-state index >= 15 is 0 Å². The number of methoxy groups -OCH3 is 1. The number of ether oxygens (including phenoxy) is 2. The quantitative estimate of drug-likeness (QED) is 0.647. The number of nitrogens with zero attached hydrogens (tertiary/aromatic N) is 2. The second-order valence-corrected chi connectivity index (χ2v) is 3.95. The van der Waals surface area contributed by atoms with Gasteiger partial charge >= 0.3 is 0 Å². The summed E-state index contributed by atoms with van der Waals surface area (Å²) >= 11 is 0. The molecule has 6 heteroatoms. The number of nitrogens with one attached hydrogen (secondary N) is 1. The van der Waals surface area contributed by atoms with Crippen LogP contribution in [0.1, 0.15) is 11.4 Å². The number of para-hydroxylation sites is 2. The standard InChI is InChI=1S/C13H16N4O2/c1-8-12(17-14)15-9(2)16-13(8)19-11-7-5-4-6-10(11)18-3/h4-7H,14H2,1-3H3,(H,15,16,17). The summed E-state index contributed by atoms with van der Waals surface area (Å²) in [6, 6.07) is 7.37. The summed E-state index contributed by atoms with van der Waals surface area (Å²) in [5.41, 5.74) is 3.26. The number of rotatable bonds is 4. The van der Waals surface area contributed by atoms with Crippen molar-refractivity contribution >= 4 is 5.82 Å². The van der Waals surface area contributed by atoms with Crippen molar-refractivity contribution in [1.82, 2.24) is 9.97 Å². The van der Waals surface area contributed by atoms with Crippen molar-refractivity contribution < 1.29 is 9.47 Å². The number of hydrogen-bond acceptors (Lipinski definition) is 6. The Morgan fingerprint density at radius 3 is 2.42 bits per heavy atom. The Hall–Kier alpha value is -2.34. The van der Waals surface area contributed by atoms with Crippen LogP contribution in [0.2, 0.25) is 0 Å². The third kappa shape index (κ3) is 2.74. The van der Waals surface area contributed by atoms with Crippen LogP contribution >= 0.6 is 0 Å². The summed E-state index contributed by atoms with van der Waals surface area (Å²) in [6.45, 7) is 3.61. The second kappa shape index (κ2) is 5.53. The zero-order chi connectivity index (χ0) is 13.8.